The minimum absolute atomic E-state index is 0.0570. The molecule has 0 bridgehead atoms. The Morgan fingerprint density at radius 2 is 2.21 bits per heavy atom. The fourth-order valence-electron chi connectivity index (χ4n) is 3.62. The lowest BCUT2D eigenvalue weighted by molar-refractivity contribution is -0.124. The summed E-state index contributed by atoms with van der Waals surface area (Å²) in [5, 5.41) is 7.42. The van der Waals surface area contributed by atoms with Crippen LogP contribution in [0.3, 0.4) is 0 Å². The zero-order valence-electron chi connectivity index (χ0n) is 14.4. The number of amides is 1. The van der Waals surface area contributed by atoms with Crippen LogP contribution in [0.1, 0.15) is 18.5 Å². The molecule has 1 fully saturated rings. The van der Waals surface area contributed by atoms with Crippen LogP contribution in [0.2, 0.25) is 0 Å². The molecule has 0 saturated carbocycles. The summed E-state index contributed by atoms with van der Waals surface area (Å²) in [7, 11) is 1.54. The Balaban J connectivity index is 1.60. The van der Waals surface area contributed by atoms with Crippen molar-refractivity contribution < 1.29 is 14.3 Å². The third kappa shape index (κ3) is 4.78. The van der Waals surface area contributed by atoms with Gasteiger partial charge in [-0.25, -0.2) is 0 Å². The maximum atomic E-state index is 11.7. The fourth-order valence-corrected chi connectivity index (χ4v) is 3.62. The van der Waals surface area contributed by atoms with Crippen LogP contribution in [0.25, 0.3) is 0 Å². The number of rotatable bonds is 6. The number of nitrogens with zero attached hydrogens (tertiary/aromatic N) is 3. The lowest BCUT2D eigenvalue weighted by atomic mass is 9.99. The molecule has 134 valence electrons. The predicted molar refractivity (Wildman–Crippen MR) is 89.4 cm³/mol. The largest absolute Gasteiger partial charge is 0.381 e. The first kappa shape index (κ1) is 17.4. The number of ether oxygens (including phenoxy) is 2. The molecule has 1 saturated heterocycles. The van der Waals surface area contributed by atoms with Crippen LogP contribution in [0, 0.1) is 11.8 Å². The van der Waals surface area contributed by atoms with E-state index < -0.39 is 0 Å². The maximum absolute atomic E-state index is 11.7. The lowest BCUT2D eigenvalue weighted by Gasteiger charge is -2.30. The first-order chi connectivity index (χ1) is 11.7. The van der Waals surface area contributed by atoms with Gasteiger partial charge in [-0.2, -0.15) is 5.10 Å². The second-order valence-corrected chi connectivity index (χ2v) is 6.86. The van der Waals surface area contributed by atoms with Gasteiger partial charge in [0.05, 0.1) is 5.69 Å². The molecule has 7 heteroatoms. The van der Waals surface area contributed by atoms with Crippen molar-refractivity contribution in [2.45, 2.75) is 25.9 Å². The molecule has 2 aliphatic heterocycles. The molecular formula is C17H28N4O3. The Bertz CT molecular complexity index is 528. The zero-order chi connectivity index (χ0) is 16.8. The number of hydrogen-bond acceptors (Lipinski definition) is 5. The maximum Gasteiger partial charge on any atom is 0.245 e. The second-order valence-electron chi connectivity index (χ2n) is 6.86. The molecule has 7 nitrogen and oxygen atoms in total. The number of carbonyl (C=O) groups excluding carboxylic acids is 1. The normalized spacial score (nSPS) is 22.8. The molecule has 0 radical (unpaired) electrons. The minimum Gasteiger partial charge on any atom is -0.381 e. The van der Waals surface area contributed by atoms with Crippen molar-refractivity contribution in [3.05, 3.63) is 18.0 Å². The first-order valence-corrected chi connectivity index (χ1v) is 8.81. The van der Waals surface area contributed by atoms with Gasteiger partial charge in [-0.1, -0.05) is 0 Å². The first-order valence-electron chi connectivity index (χ1n) is 8.81. The molecule has 1 amide bonds. The molecule has 2 aliphatic rings. The highest BCUT2D eigenvalue weighted by Gasteiger charge is 2.25. The van der Waals surface area contributed by atoms with Crippen molar-refractivity contribution in [1.82, 2.24) is 20.0 Å². The van der Waals surface area contributed by atoms with Crippen molar-refractivity contribution >= 4 is 5.91 Å². The van der Waals surface area contributed by atoms with E-state index in [1.54, 1.807) is 0 Å². The Labute approximate surface area is 143 Å². The standard InChI is InChI=1S/C17H28N4O3/c1-23-13-17(22)18-8-15-10-20(9-14-3-6-24-7-4-14)12-16-2-5-19-21(16)11-15/h2,5,14-15H,3-4,6-13H2,1H3,(H,18,22). The SMILES string of the molecule is COCC(=O)NCC1CN(CC2CCOCC2)Cc2ccnn2C1. The summed E-state index contributed by atoms with van der Waals surface area (Å²) in [6, 6.07) is 2.10. The Hall–Kier alpha value is -1.44. The summed E-state index contributed by atoms with van der Waals surface area (Å²) in [6.07, 6.45) is 4.16. The van der Waals surface area contributed by atoms with E-state index in [9.17, 15) is 4.79 Å². The highest BCUT2D eigenvalue weighted by Crippen LogP contribution is 2.21. The molecule has 1 unspecified atom stereocenters. The van der Waals surface area contributed by atoms with Crippen LogP contribution in [-0.2, 0) is 27.4 Å². The monoisotopic (exact) mass is 336 g/mol. The van der Waals surface area contributed by atoms with Gasteiger partial charge in [0.2, 0.25) is 5.91 Å². The number of aromatic nitrogens is 2. The summed E-state index contributed by atoms with van der Waals surface area (Å²) in [5.74, 6) is 1.00. The van der Waals surface area contributed by atoms with Gasteiger partial charge in [0.25, 0.3) is 0 Å². The van der Waals surface area contributed by atoms with Crippen LogP contribution in [-0.4, -0.2) is 67.2 Å². The quantitative estimate of drug-likeness (QED) is 0.819. The molecule has 0 spiro atoms. The molecule has 0 aromatic carbocycles. The van der Waals surface area contributed by atoms with Gasteiger partial charge in [0.1, 0.15) is 6.61 Å². The zero-order valence-corrected chi connectivity index (χ0v) is 14.4. The summed E-state index contributed by atoms with van der Waals surface area (Å²) in [6.45, 7) is 6.39. The van der Waals surface area contributed by atoms with E-state index in [1.165, 1.54) is 12.8 Å². The van der Waals surface area contributed by atoms with E-state index in [1.807, 2.05) is 6.20 Å². The molecule has 24 heavy (non-hydrogen) atoms. The Morgan fingerprint density at radius 1 is 1.38 bits per heavy atom. The van der Waals surface area contributed by atoms with E-state index in [2.05, 4.69) is 26.1 Å². The molecule has 1 aromatic heterocycles. The second kappa shape index (κ2) is 8.60. The number of hydrogen-bond donors (Lipinski definition) is 1. The number of carbonyl (C=O) groups is 1. The van der Waals surface area contributed by atoms with Gasteiger partial charge in [-0.3, -0.25) is 14.4 Å². The van der Waals surface area contributed by atoms with Gasteiger partial charge in [-0.05, 0) is 24.8 Å². The lowest BCUT2D eigenvalue weighted by Crippen LogP contribution is -2.39. The Kier molecular flexibility index (Phi) is 6.23. The molecule has 1 N–H and O–H groups in total. The number of fused-ring (bicyclic) bond motifs is 1. The van der Waals surface area contributed by atoms with Crippen molar-refractivity contribution in [2.75, 3.05) is 46.6 Å². The van der Waals surface area contributed by atoms with Gasteiger partial charge in [-0.15, -0.1) is 0 Å². The smallest absolute Gasteiger partial charge is 0.245 e. The van der Waals surface area contributed by atoms with Crippen LogP contribution < -0.4 is 5.32 Å². The van der Waals surface area contributed by atoms with E-state index >= 15 is 0 Å². The van der Waals surface area contributed by atoms with E-state index in [0.29, 0.717) is 18.4 Å². The van der Waals surface area contributed by atoms with Crippen molar-refractivity contribution in [3.8, 4) is 0 Å². The molecule has 3 heterocycles. The predicted octanol–water partition coefficient (Wildman–Crippen LogP) is 0.504. The van der Waals surface area contributed by atoms with Crippen LogP contribution >= 0.6 is 0 Å². The van der Waals surface area contributed by atoms with Gasteiger partial charge < -0.3 is 14.8 Å². The van der Waals surface area contributed by atoms with Gasteiger partial charge >= 0.3 is 0 Å². The molecule has 1 atom stereocenters. The molecule has 1 aromatic rings. The van der Waals surface area contributed by atoms with Crippen molar-refractivity contribution in [2.24, 2.45) is 11.8 Å². The van der Waals surface area contributed by atoms with E-state index in [-0.39, 0.29) is 12.5 Å². The third-order valence-electron chi connectivity index (χ3n) is 4.86. The minimum atomic E-state index is -0.0570. The fraction of sp³-hybridized carbons (Fsp3) is 0.765. The summed E-state index contributed by atoms with van der Waals surface area (Å²) in [5.41, 5.74) is 1.26. The number of methoxy groups -OCH3 is 1. The third-order valence-corrected chi connectivity index (χ3v) is 4.86. The molecule has 3 rings (SSSR count). The Morgan fingerprint density at radius 3 is 3.00 bits per heavy atom. The van der Waals surface area contributed by atoms with Crippen LogP contribution in [0.5, 0.6) is 0 Å². The highest BCUT2D eigenvalue weighted by atomic mass is 16.5. The topological polar surface area (TPSA) is 68.6 Å². The van der Waals surface area contributed by atoms with E-state index in [0.717, 1.165) is 52.2 Å². The summed E-state index contributed by atoms with van der Waals surface area (Å²) >= 11 is 0. The van der Waals surface area contributed by atoms with Crippen molar-refractivity contribution in [3.63, 3.8) is 0 Å². The molecule has 0 aliphatic carbocycles. The summed E-state index contributed by atoms with van der Waals surface area (Å²) in [4.78, 5) is 14.2. The average Bonchev–Trinajstić information content (AvgIpc) is 2.93. The average molecular weight is 336 g/mol. The highest BCUT2D eigenvalue weighted by molar-refractivity contribution is 5.77. The van der Waals surface area contributed by atoms with E-state index in [4.69, 9.17) is 9.47 Å². The van der Waals surface area contributed by atoms with Crippen molar-refractivity contribution in [1.29, 1.82) is 0 Å². The van der Waals surface area contributed by atoms with Crippen LogP contribution in [0.15, 0.2) is 12.3 Å². The van der Waals surface area contributed by atoms with Gasteiger partial charge in [0, 0.05) is 65.2 Å². The van der Waals surface area contributed by atoms with Crippen LogP contribution in [0.4, 0.5) is 0 Å². The summed E-state index contributed by atoms with van der Waals surface area (Å²) < 4.78 is 12.4. The van der Waals surface area contributed by atoms with Gasteiger partial charge in [0.15, 0.2) is 0 Å². The number of nitrogens with one attached hydrogen (secondary N) is 1. The molecular weight excluding hydrogens is 308 g/mol.